The third-order valence-corrected chi connectivity index (χ3v) is 1.92. The van der Waals surface area contributed by atoms with Crippen LogP contribution in [0.25, 0.3) is 0 Å². The lowest BCUT2D eigenvalue weighted by molar-refractivity contribution is 1.41. The molecule has 3 nitrogen and oxygen atoms in total. The molecule has 10 heavy (non-hydrogen) atoms. The molecule has 0 saturated heterocycles. The second-order valence-corrected chi connectivity index (χ2v) is 3.02. The Morgan fingerprint density at radius 1 is 1.60 bits per heavy atom. The highest BCUT2D eigenvalue weighted by atomic mass is 32.1. The first-order valence-corrected chi connectivity index (χ1v) is 3.72. The number of aliphatic imine (C=N–C) groups is 1. The van der Waals surface area contributed by atoms with Crippen molar-refractivity contribution in [3.05, 3.63) is 16.3 Å². The van der Waals surface area contributed by atoms with Crippen LogP contribution in [-0.2, 0) is 0 Å². The maximum Gasteiger partial charge on any atom is 0.191 e. The lowest BCUT2D eigenvalue weighted by Gasteiger charge is -1.90. The molecule has 0 unspecified atom stereocenters. The quantitative estimate of drug-likeness (QED) is 0.468. The van der Waals surface area contributed by atoms with Crippen molar-refractivity contribution >= 4 is 23.0 Å². The van der Waals surface area contributed by atoms with Crippen LogP contribution in [0.15, 0.2) is 16.4 Å². The van der Waals surface area contributed by atoms with Crippen molar-refractivity contribution in [2.24, 2.45) is 16.5 Å². The normalized spacial score (nSPS) is 9.30. The fourth-order valence-corrected chi connectivity index (χ4v) is 1.27. The summed E-state index contributed by atoms with van der Waals surface area (Å²) in [7, 11) is 0. The van der Waals surface area contributed by atoms with Crippen LogP contribution >= 0.6 is 11.3 Å². The fourth-order valence-electron chi connectivity index (χ4n) is 0.633. The summed E-state index contributed by atoms with van der Waals surface area (Å²) in [6.45, 7) is 1.98. The van der Waals surface area contributed by atoms with Gasteiger partial charge in [-0.2, -0.15) is 0 Å². The molecule has 1 heterocycles. The molecule has 0 aliphatic rings. The second-order valence-electron chi connectivity index (χ2n) is 1.90. The highest BCUT2D eigenvalue weighted by Gasteiger charge is 1.95. The van der Waals surface area contributed by atoms with Crippen LogP contribution in [0.1, 0.15) is 4.88 Å². The van der Waals surface area contributed by atoms with Crippen molar-refractivity contribution < 1.29 is 0 Å². The van der Waals surface area contributed by atoms with Crippen molar-refractivity contribution in [2.45, 2.75) is 6.92 Å². The maximum absolute atomic E-state index is 5.18. The number of rotatable bonds is 1. The van der Waals surface area contributed by atoms with Gasteiger partial charge in [0.25, 0.3) is 0 Å². The van der Waals surface area contributed by atoms with Gasteiger partial charge in [0.15, 0.2) is 5.96 Å². The molecule has 0 aliphatic heterocycles. The summed E-state index contributed by atoms with van der Waals surface area (Å²) in [4.78, 5) is 5.03. The van der Waals surface area contributed by atoms with Crippen LogP contribution in [0.4, 0.5) is 5.69 Å². The first-order chi connectivity index (χ1) is 4.70. The molecule has 1 aromatic heterocycles. The van der Waals surface area contributed by atoms with Crippen LogP contribution in [0.2, 0.25) is 0 Å². The highest BCUT2D eigenvalue weighted by molar-refractivity contribution is 7.10. The lowest BCUT2D eigenvalue weighted by Crippen LogP contribution is -2.21. The minimum atomic E-state index is 0.113. The Labute approximate surface area is 63.4 Å². The van der Waals surface area contributed by atoms with Gasteiger partial charge >= 0.3 is 0 Å². The standard InChI is InChI=1S/C6H9N3S/c1-4-5(2-3-10-4)9-6(7)8/h2-3H,1H3,(H4,7,8,9). The molecule has 0 aromatic carbocycles. The van der Waals surface area contributed by atoms with Gasteiger partial charge in [-0.3, -0.25) is 0 Å². The van der Waals surface area contributed by atoms with Gasteiger partial charge in [0.1, 0.15) is 0 Å². The molecular formula is C6H9N3S. The van der Waals surface area contributed by atoms with Gasteiger partial charge < -0.3 is 11.5 Å². The van der Waals surface area contributed by atoms with Gasteiger partial charge in [-0.05, 0) is 18.4 Å². The van der Waals surface area contributed by atoms with Crippen molar-refractivity contribution in [3.8, 4) is 0 Å². The summed E-state index contributed by atoms with van der Waals surface area (Å²) in [5.74, 6) is 0.113. The van der Waals surface area contributed by atoms with Crippen LogP contribution in [0.5, 0.6) is 0 Å². The largest absolute Gasteiger partial charge is 0.370 e. The van der Waals surface area contributed by atoms with Gasteiger partial charge in [0.2, 0.25) is 0 Å². The van der Waals surface area contributed by atoms with E-state index in [0.717, 1.165) is 10.6 Å². The number of hydrogen-bond acceptors (Lipinski definition) is 2. The highest BCUT2D eigenvalue weighted by Crippen LogP contribution is 2.22. The lowest BCUT2D eigenvalue weighted by atomic mass is 10.4. The van der Waals surface area contributed by atoms with Gasteiger partial charge in [0, 0.05) is 4.88 Å². The molecule has 0 saturated carbocycles. The van der Waals surface area contributed by atoms with E-state index in [1.165, 1.54) is 0 Å². The van der Waals surface area contributed by atoms with Crippen molar-refractivity contribution in [1.82, 2.24) is 0 Å². The summed E-state index contributed by atoms with van der Waals surface area (Å²) in [5.41, 5.74) is 11.2. The molecule has 1 aromatic rings. The molecule has 1 rings (SSSR count). The number of guanidine groups is 1. The SMILES string of the molecule is Cc1sccc1N=C(N)N. The maximum atomic E-state index is 5.18. The van der Waals surface area contributed by atoms with E-state index in [-0.39, 0.29) is 5.96 Å². The second kappa shape index (κ2) is 2.70. The van der Waals surface area contributed by atoms with E-state index in [1.807, 2.05) is 18.4 Å². The summed E-state index contributed by atoms with van der Waals surface area (Å²) in [6, 6.07) is 1.89. The molecule has 0 radical (unpaired) electrons. The number of nitrogens with zero attached hydrogens (tertiary/aromatic N) is 1. The topological polar surface area (TPSA) is 64.4 Å². The van der Waals surface area contributed by atoms with Crippen LogP contribution in [-0.4, -0.2) is 5.96 Å². The summed E-state index contributed by atoms with van der Waals surface area (Å²) in [6.07, 6.45) is 0. The van der Waals surface area contributed by atoms with Crippen molar-refractivity contribution in [1.29, 1.82) is 0 Å². The van der Waals surface area contributed by atoms with E-state index in [9.17, 15) is 0 Å². The Balaban J connectivity index is 2.95. The van der Waals surface area contributed by atoms with Crippen LogP contribution in [0, 0.1) is 6.92 Å². The average molecular weight is 155 g/mol. The van der Waals surface area contributed by atoms with Gasteiger partial charge in [-0.15, -0.1) is 11.3 Å². The minimum absolute atomic E-state index is 0.113. The molecule has 0 fully saturated rings. The predicted octanol–water partition coefficient (Wildman–Crippen LogP) is 0.961. The summed E-state index contributed by atoms with van der Waals surface area (Å²) in [5, 5.41) is 1.96. The number of hydrogen-bond donors (Lipinski definition) is 2. The van der Waals surface area contributed by atoms with Gasteiger partial charge in [0.05, 0.1) is 5.69 Å². The third kappa shape index (κ3) is 1.48. The number of thiophene rings is 1. The fraction of sp³-hybridized carbons (Fsp3) is 0.167. The molecular weight excluding hydrogens is 146 g/mol. The zero-order chi connectivity index (χ0) is 7.56. The summed E-state index contributed by atoms with van der Waals surface area (Å²) < 4.78 is 0. The van der Waals surface area contributed by atoms with E-state index in [4.69, 9.17) is 11.5 Å². The van der Waals surface area contributed by atoms with E-state index in [2.05, 4.69) is 4.99 Å². The smallest absolute Gasteiger partial charge is 0.191 e. The van der Waals surface area contributed by atoms with Crippen LogP contribution < -0.4 is 11.5 Å². The minimum Gasteiger partial charge on any atom is -0.370 e. The third-order valence-electron chi connectivity index (χ3n) is 1.08. The van der Waals surface area contributed by atoms with Crippen molar-refractivity contribution in [2.75, 3.05) is 0 Å². The summed E-state index contributed by atoms with van der Waals surface area (Å²) >= 11 is 1.63. The van der Waals surface area contributed by atoms with Crippen molar-refractivity contribution in [3.63, 3.8) is 0 Å². The zero-order valence-electron chi connectivity index (χ0n) is 5.66. The first-order valence-electron chi connectivity index (χ1n) is 2.84. The Morgan fingerprint density at radius 3 is 2.70 bits per heavy atom. The Morgan fingerprint density at radius 2 is 2.30 bits per heavy atom. The average Bonchev–Trinajstić information content (AvgIpc) is 2.15. The molecule has 0 spiro atoms. The van der Waals surface area contributed by atoms with E-state index >= 15 is 0 Å². The van der Waals surface area contributed by atoms with E-state index in [0.29, 0.717) is 0 Å². The van der Waals surface area contributed by atoms with Crippen LogP contribution in [0.3, 0.4) is 0 Å². The van der Waals surface area contributed by atoms with Gasteiger partial charge in [-0.1, -0.05) is 0 Å². The monoisotopic (exact) mass is 155 g/mol. The molecule has 0 atom stereocenters. The molecule has 4 N–H and O–H groups in total. The molecule has 0 aliphatic carbocycles. The predicted molar refractivity (Wildman–Crippen MR) is 44.5 cm³/mol. The zero-order valence-corrected chi connectivity index (χ0v) is 6.48. The first kappa shape index (κ1) is 7.08. The van der Waals surface area contributed by atoms with E-state index < -0.39 is 0 Å². The number of nitrogens with two attached hydrogens (primary N) is 2. The molecule has 0 amide bonds. The molecule has 54 valence electrons. The molecule has 4 heteroatoms. The van der Waals surface area contributed by atoms with Gasteiger partial charge in [-0.25, -0.2) is 4.99 Å². The Bertz CT molecular complexity index is 247. The number of aryl methyl sites for hydroxylation is 1. The Hall–Kier alpha value is -1.03. The molecule has 0 bridgehead atoms. The van der Waals surface area contributed by atoms with E-state index in [1.54, 1.807) is 11.3 Å². The Kier molecular flexibility index (Phi) is 1.91.